The van der Waals surface area contributed by atoms with E-state index in [0.717, 1.165) is 0 Å². The summed E-state index contributed by atoms with van der Waals surface area (Å²) in [4.78, 5) is 0.222. The first-order valence-corrected chi connectivity index (χ1v) is 2.15. The van der Waals surface area contributed by atoms with Crippen LogP contribution in [0, 0.1) is 0 Å². The molecule has 0 saturated carbocycles. The first kappa shape index (κ1) is 8.99. The molecule has 0 saturated heterocycles. The number of aliphatic hydroxyl groups excluding tert-OH is 1. The summed E-state index contributed by atoms with van der Waals surface area (Å²) in [5.74, 6) is 0. The Morgan fingerprint density at radius 2 is 1.75 bits per heavy atom. The van der Waals surface area contributed by atoms with Crippen molar-refractivity contribution < 1.29 is 44.4 Å². The molecule has 0 fully saturated rings. The number of aliphatic hydroxyl groups is 1. The summed E-state index contributed by atoms with van der Waals surface area (Å²) in [6, 6.07) is 0. The standard InChI is InChI=1S/CH3O.Pt.Ru/c1-2;;/h2H,1H2;;. The molecule has 0 amide bonds. The molecule has 1 nitrogen and oxygen atoms in total. The van der Waals surface area contributed by atoms with Crippen LogP contribution in [0.1, 0.15) is 0 Å². The molecule has 0 aliphatic carbocycles. The van der Waals surface area contributed by atoms with Crippen LogP contribution in [0.2, 0.25) is 0 Å². The van der Waals surface area contributed by atoms with Crippen LogP contribution in [0.4, 0.5) is 0 Å². The Balaban J connectivity index is 0. The number of hydrogen-bond donors (Lipinski definition) is 1. The zero-order valence-electron chi connectivity index (χ0n) is 1.82. The predicted octanol–water partition coefficient (Wildman–Crippen LogP) is -0.520. The summed E-state index contributed by atoms with van der Waals surface area (Å²) in [6.07, 6.45) is 0. The Kier molecular flexibility index (Phi) is 19.9. The Labute approximate surface area is 49.4 Å². The van der Waals surface area contributed by atoms with Crippen molar-refractivity contribution in [2.75, 3.05) is 5.00 Å². The molecule has 0 heterocycles. The van der Waals surface area contributed by atoms with Crippen LogP contribution < -0.4 is 0 Å². The van der Waals surface area contributed by atoms with Crippen molar-refractivity contribution in [1.29, 1.82) is 0 Å². The van der Waals surface area contributed by atoms with Crippen molar-refractivity contribution in [3.05, 3.63) is 0 Å². The monoisotopic (exact) mass is 328 g/mol. The fourth-order valence-electron chi connectivity index (χ4n) is 0. The van der Waals surface area contributed by atoms with E-state index >= 15 is 0 Å². The molecule has 0 rings (SSSR count). The Bertz CT molecular complexity index is 8.00. The summed E-state index contributed by atoms with van der Waals surface area (Å²) in [5, 5.41) is 7.56. The van der Waals surface area contributed by atoms with Gasteiger partial charge in [-0.25, -0.2) is 0 Å². The van der Waals surface area contributed by atoms with E-state index in [1.54, 1.807) is 0 Å². The molecule has 0 unspecified atom stereocenters. The smallest absolute Gasteiger partial charge is 0 e. The molecule has 0 aliphatic rings. The molecular formula is CH3OPtRu. The van der Waals surface area contributed by atoms with Gasteiger partial charge >= 0.3 is 29.9 Å². The van der Waals surface area contributed by atoms with E-state index in [-0.39, 0.29) is 24.5 Å². The van der Waals surface area contributed by atoms with E-state index in [9.17, 15) is 0 Å². The summed E-state index contributed by atoms with van der Waals surface area (Å²) >= 11 is 1.83. The molecule has 0 spiro atoms. The van der Waals surface area contributed by atoms with E-state index < -0.39 is 0 Å². The second kappa shape index (κ2) is 8.86. The van der Waals surface area contributed by atoms with Crippen LogP contribution in [0.3, 0.4) is 0 Å². The maximum absolute atomic E-state index is 7.56. The first-order chi connectivity index (χ1) is 1.41. The second-order valence-corrected chi connectivity index (χ2v) is 0.819. The molecule has 0 bridgehead atoms. The normalized spacial score (nSPS) is 4.75. The number of rotatable bonds is 0. The van der Waals surface area contributed by atoms with Crippen molar-refractivity contribution in [2.24, 2.45) is 0 Å². The summed E-state index contributed by atoms with van der Waals surface area (Å²) in [5.41, 5.74) is 0. The van der Waals surface area contributed by atoms with Crippen LogP contribution in [-0.2, 0) is 39.3 Å². The van der Waals surface area contributed by atoms with Gasteiger partial charge in [-0.15, -0.1) is 0 Å². The maximum Gasteiger partial charge on any atom is 0 e. The van der Waals surface area contributed by atoms with Crippen molar-refractivity contribution in [2.45, 2.75) is 0 Å². The van der Waals surface area contributed by atoms with Crippen molar-refractivity contribution in [3.8, 4) is 0 Å². The minimum Gasteiger partial charge on any atom is 0 e. The zero-order valence-corrected chi connectivity index (χ0v) is 5.83. The minimum absolute atomic E-state index is 0. The molecule has 31 valence electrons. The van der Waals surface area contributed by atoms with Gasteiger partial charge in [0.25, 0.3) is 0 Å². The average Bonchev–Trinajstić information content (AvgIpc) is 0.918. The van der Waals surface area contributed by atoms with Gasteiger partial charge in [-0.2, -0.15) is 0 Å². The Hall–Kier alpha value is 1.27. The van der Waals surface area contributed by atoms with E-state index in [1.807, 2.05) is 19.8 Å². The van der Waals surface area contributed by atoms with Gasteiger partial charge in [0.2, 0.25) is 0 Å². The fourth-order valence-corrected chi connectivity index (χ4v) is 0. The van der Waals surface area contributed by atoms with Gasteiger partial charge in [0.1, 0.15) is 0 Å². The van der Waals surface area contributed by atoms with Crippen LogP contribution in [-0.4, -0.2) is 10.1 Å². The van der Waals surface area contributed by atoms with E-state index in [4.69, 9.17) is 5.11 Å². The zero-order chi connectivity index (χ0) is 2.71. The molecule has 0 radical (unpaired) electrons. The van der Waals surface area contributed by atoms with Crippen LogP contribution in [0.25, 0.3) is 0 Å². The maximum atomic E-state index is 7.56. The van der Waals surface area contributed by atoms with E-state index in [2.05, 4.69) is 0 Å². The van der Waals surface area contributed by atoms with Crippen molar-refractivity contribution in [3.63, 3.8) is 0 Å². The summed E-state index contributed by atoms with van der Waals surface area (Å²) < 4.78 is 0. The van der Waals surface area contributed by atoms with Crippen LogP contribution >= 0.6 is 0 Å². The molecule has 0 aromatic rings. The Morgan fingerprint density at radius 1 is 1.75 bits per heavy atom. The third kappa shape index (κ3) is 10.4. The van der Waals surface area contributed by atoms with Crippen molar-refractivity contribution in [1.82, 2.24) is 0 Å². The second-order valence-electron chi connectivity index (χ2n) is 0.100. The predicted molar refractivity (Wildman–Crippen MR) is 7.09 cm³/mol. The quantitative estimate of drug-likeness (QED) is 0.594. The van der Waals surface area contributed by atoms with Gasteiger partial charge in [-0.1, -0.05) is 0 Å². The molecule has 1 N–H and O–H groups in total. The van der Waals surface area contributed by atoms with Crippen LogP contribution in [0.5, 0.6) is 0 Å². The summed E-state index contributed by atoms with van der Waals surface area (Å²) in [6.45, 7) is 0. The molecule has 3 heteroatoms. The van der Waals surface area contributed by atoms with E-state index in [1.165, 1.54) is 0 Å². The molecule has 4 heavy (non-hydrogen) atoms. The van der Waals surface area contributed by atoms with Gasteiger partial charge < -0.3 is 0 Å². The van der Waals surface area contributed by atoms with Gasteiger partial charge in [0.05, 0.1) is 0 Å². The molecule has 0 aromatic carbocycles. The third-order valence-corrected chi connectivity index (χ3v) is 0. The minimum atomic E-state index is 0. The topological polar surface area (TPSA) is 20.2 Å². The number of hydrogen-bond acceptors (Lipinski definition) is 1. The third-order valence-electron chi connectivity index (χ3n) is 0. The SMILES string of the molecule is O[CH2][Pt].[Ru]. The van der Waals surface area contributed by atoms with Gasteiger partial charge in [0.15, 0.2) is 0 Å². The van der Waals surface area contributed by atoms with Crippen molar-refractivity contribution >= 4 is 0 Å². The van der Waals surface area contributed by atoms with Crippen LogP contribution in [0.15, 0.2) is 0 Å². The first-order valence-electron chi connectivity index (χ1n) is 0.540. The molecular weight excluding hydrogens is 324 g/mol. The Morgan fingerprint density at radius 3 is 1.75 bits per heavy atom. The molecule has 0 aromatic heterocycles. The molecule has 0 aliphatic heterocycles. The van der Waals surface area contributed by atoms with Gasteiger partial charge in [-0.05, 0) is 0 Å². The van der Waals surface area contributed by atoms with Gasteiger partial charge in [-0.3, -0.25) is 0 Å². The average molecular weight is 327 g/mol. The fraction of sp³-hybridized carbons (Fsp3) is 1.00. The van der Waals surface area contributed by atoms with E-state index in [0.29, 0.717) is 0 Å². The summed E-state index contributed by atoms with van der Waals surface area (Å²) in [7, 11) is 0. The molecule has 0 atom stereocenters. The largest absolute Gasteiger partial charge is 0 e. The van der Waals surface area contributed by atoms with Gasteiger partial charge in [0, 0.05) is 19.5 Å².